The van der Waals surface area contributed by atoms with E-state index in [1.165, 1.54) is 48.9 Å². The molecule has 188 valence electrons. The summed E-state index contributed by atoms with van der Waals surface area (Å²) in [5.74, 6) is 2.77. The first kappa shape index (κ1) is 23.5. The van der Waals surface area contributed by atoms with Crippen molar-refractivity contribution in [3.8, 4) is 0 Å². The number of aliphatic hydroxyl groups excluding tert-OH is 1. The molecular formula is C31H42N2O2. The number of rotatable bonds is 2. The van der Waals surface area contributed by atoms with Gasteiger partial charge >= 0.3 is 0 Å². The molecule has 6 rings (SSSR count). The topological polar surface area (TPSA) is 52.9 Å². The van der Waals surface area contributed by atoms with Gasteiger partial charge in [-0.15, -0.1) is 0 Å². The molecule has 4 aliphatic carbocycles. The molecule has 0 bridgehead atoms. The fourth-order valence-corrected chi connectivity index (χ4v) is 9.36. The van der Waals surface area contributed by atoms with Gasteiger partial charge in [0.1, 0.15) is 0 Å². The first-order valence-electron chi connectivity index (χ1n) is 14.0. The van der Waals surface area contributed by atoms with Crippen LogP contribution < -0.4 is 0 Å². The van der Waals surface area contributed by atoms with Gasteiger partial charge in [0.25, 0.3) is 0 Å². The highest BCUT2D eigenvalue weighted by Crippen LogP contribution is 2.66. The molecule has 5 aliphatic rings. The van der Waals surface area contributed by atoms with Crippen molar-refractivity contribution in [1.82, 2.24) is 5.01 Å². The monoisotopic (exact) mass is 474 g/mol. The van der Waals surface area contributed by atoms with Gasteiger partial charge in [-0.2, -0.15) is 5.10 Å². The van der Waals surface area contributed by atoms with Crippen LogP contribution in [0.4, 0.5) is 0 Å². The van der Waals surface area contributed by atoms with Crippen LogP contribution in [0.1, 0.15) is 95.7 Å². The minimum absolute atomic E-state index is 0.0362. The smallest absolute Gasteiger partial charge is 0.240 e. The molecule has 0 radical (unpaired) electrons. The molecule has 1 amide bonds. The van der Waals surface area contributed by atoms with Gasteiger partial charge in [0.05, 0.1) is 12.1 Å². The number of nitrogens with zero attached hydrogens (tertiary/aromatic N) is 2. The Balaban J connectivity index is 1.27. The number of hydrogen-bond donors (Lipinski definition) is 1. The van der Waals surface area contributed by atoms with E-state index in [-0.39, 0.29) is 28.9 Å². The fourth-order valence-electron chi connectivity index (χ4n) is 9.36. The van der Waals surface area contributed by atoms with Crippen LogP contribution in [0.15, 0.2) is 41.0 Å². The third-order valence-corrected chi connectivity index (χ3v) is 11.2. The van der Waals surface area contributed by atoms with Crippen LogP contribution in [0, 0.1) is 41.4 Å². The molecule has 1 heterocycles. The van der Waals surface area contributed by atoms with Crippen LogP contribution in [0.2, 0.25) is 0 Å². The molecule has 3 fully saturated rings. The van der Waals surface area contributed by atoms with E-state index in [0.29, 0.717) is 5.92 Å². The Morgan fingerprint density at radius 2 is 1.91 bits per heavy atom. The standard InChI is InChI=1S/C31H42N2O2/c1-19-6-5-7-21(16-19)29-18-28(32-33(29)20(2)34)27-11-10-25-24-9-8-22-17-23(35)12-14-30(22,3)26(24)13-15-31(25,27)4/h5-8,16,23-27,29,35H,9-15,17-18H2,1-4H3/t23-,24-,25-,26-,27+,29?,30-,31-/m0/s1. The van der Waals surface area contributed by atoms with Gasteiger partial charge in [-0.05, 0) is 92.4 Å². The van der Waals surface area contributed by atoms with Crippen molar-refractivity contribution in [2.24, 2.45) is 39.6 Å². The second-order valence-corrected chi connectivity index (χ2v) is 12.9. The summed E-state index contributed by atoms with van der Waals surface area (Å²) in [5.41, 5.74) is 5.83. The first-order chi connectivity index (χ1) is 16.7. The molecule has 0 aromatic heterocycles. The SMILES string of the molecule is CC(=O)N1N=C([C@H]2CC[C@H]3[C@@H]4CC=C5C[C@@H](O)CC[C@]5(C)[C@H]4CC[C@]23C)CC1c1cccc(C)c1. The molecule has 1 unspecified atom stereocenters. The molecule has 0 spiro atoms. The predicted molar refractivity (Wildman–Crippen MR) is 140 cm³/mol. The number of aryl methyl sites for hydroxylation is 1. The molecule has 4 heteroatoms. The number of carbonyl (C=O) groups excluding carboxylic acids is 1. The Hall–Kier alpha value is -1.94. The van der Waals surface area contributed by atoms with Gasteiger partial charge < -0.3 is 5.11 Å². The van der Waals surface area contributed by atoms with Gasteiger partial charge in [0.2, 0.25) is 5.91 Å². The van der Waals surface area contributed by atoms with Gasteiger partial charge in [-0.1, -0.05) is 55.3 Å². The number of carbonyl (C=O) groups is 1. The van der Waals surface area contributed by atoms with Crippen molar-refractivity contribution in [3.05, 3.63) is 47.0 Å². The molecule has 3 saturated carbocycles. The lowest BCUT2D eigenvalue weighted by molar-refractivity contribution is -0.130. The maximum atomic E-state index is 12.6. The Labute approximate surface area is 210 Å². The van der Waals surface area contributed by atoms with Crippen LogP contribution in [0.25, 0.3) is 0 Å². The highest BCUT2D eigenvalue weighted by atomic mass is 16.3. The summed E-state index contributed by atoms with van der Waals surface area (Å²) in [5, 5.41) is 17.1. The lowest BCUT2D eigenvalue weighted by Crippen LogP contribution is -2.51. The fraction of sp³-hybridized carbons (Fsp3) is 0.677. The number of hydrogen-bond acceptors (Lipinski definition) is 3. The normalized spacial score (nSPS) is 42.6. The second-order valence-electron chi connectivity index (χ2n) is 12.9. The minimum atomic E-state index is -0.137. The van der Waals surface area contributed by atoms with Crippen molar-refractivity contribution in [2.75, 3.05) is 0 Å². The van der Waals surface area contributed by atoms with E-state index in [9.17, 15) is 9.90 Å². The second kappa shape index (κ2) is 8.30. The molecule has 4 nitrogen and oxygen atoms in total. The number of allylic oxidation sites excluding steroid dienone is 1. The molecule has 1 aromatic carbocycles. The van der Waals surface area contributed by atoms with Gasteiger partial charge in [0, 0.05) is 25.0 Å². The summed E-state index contributed by atoms with van der Waals surface area (Å²) in [6.45, 7) is 8.84. The van der Waals surface area contributed by atoms with Gasteiger partial charge in [-0.3, -0.25) is 4.79 Å². The average molecular weight is 475 g/mol. The van der Waals surface area contributed by atoms with E-state index in [1.54, 1.807) is 17.5 Å². The zero-order valence-electron chi connectivity index (χ0n) is 22.0. The lowest BCUT2D eigenvalue weighted by Gasteiger charge is -2.58. The van der Waals surface area contributed by atoms with E-state index in [2.05, 4.69) is 51.1 Å². The predicted octanol–water partition coefficient (Wildman–Crippen LogP) is 6.58. The van der Waals surface area contributed by atoms with E-state index < -0.39 is 0 Å². The summed E-state index contributed by atoms with van der Waals surface area (Å²) in [4.78, 5) is 12.6. The number of fused-ring (bicyclic) bond motifs is 5. The van der Waals surface area contributed by atoms with Crippen LogP contribution in [0.3, 0.4) is 0 Å². The zero-order valence-corrected chi connectivity index (χ0v) is 22.0. The average Bonchev–Trinajstić information content (AvgIpc) is 3.41. The van der Waals surface area contributed by atoms with Crippen molar-refractivity contribution in [1.29, 1.82) is 0 Å². The summed E-state index contributed by atoms with van der Waals surface area (Å²) in [6.07, 6.45) is 12.5. The van der Waals surface area contributed by atoms with E-state index in [0.717, 1.165) is 43.4 Å². The van der Waals surface area contributed by atoms with Crippen molar-refractivity contribution >= 4 is 11.6 Å². The number of amides is 1. The minimum Gasteiger partial charge on any atom is -0.393 e. The molecule has 0 saturated heterocycles. The van der Waals surface area contributed by atoms with Crippen LogP contribution in [0.5, 0.6) is 0 Å². The lowest BCUT2D eigenvalue weighted by atomic mass is 9.47. The summed E-state index contributed by atoms with van der Waals surface area (Å²) >= 11 is 0. The van der Waals surface area contributed by atoms with Gasteiger partial charge in [-0.25, -0.2) is 5.01 Å². The number of benzene rings is 1. The third-order valence-electron chi connectivity index (χ3n) is 11.2. The summed E-state index contributed by atoms with van der Waals surface area (Å²) < 4.78 is 0. The summed E-state index contributed by atoms with van der Waals surface area (Å²) in [7, 11) is 0. The largest absolute Gasteiger partial charge is 0.393 e. The molecule has 1 aliphatic heterocycles. The zero-order chi connectivity index (χ0) is 24.5. The molecule has 35 heavy (non-hydrogen) atoms. The van der Waals surface area contributed by atoms with Crippen molar-refractivity contribution in [2.45, 2.75) is 97.6 Å². The Kier molecular flexibility index (Phi) is 5.56. The maximum absolute atomic E-state index is 12.6. The molecule has 1 N–H and O–H groups in total. The Morgan fingerprint density at radius 3 is 2.69 bits per heavy atom. The molecular weight excluding hydrogens is 432 g/mol. The Bertz CT molecular complexity index is 1090. The number of hydrazone groups is 1. The summed E-state index contributed by atoms with van der Waals surface area (Å²) in [6, 6.07) is 8.64. The van der Waals surface area contributed by atoms with Gasteiger partial charge in [0.15, 0.2) is 0 Å². The molecule has 8 atom stereocenters. The third kappa shape index (κ3) is 3.57. The van der Waals surface area contributed by atoms with Crippen LogP contribution in [-0.4, -0.2) is 27.8 Å². The highest BCUT2D eigenvalue weighted by Gasteiger charge is 2.59. The van der Waals surface area contributed by atoms with Crippen molar-refractivity contribution < 1.29 is 9.90 Å². The van der Waals surface area contributed by atoms with Crippen molar-refractivity contribution in [3.63, 3.8) is 0 Å². The number of aliphatic hydroxyl groups is 1. The van der Waals surface area contributed by atoms with Crippen LogP contribution in [-0.2, 0) is 4.79 Å². The highest BCUT2D eigenvalue weighted by molar-refractivity contribution is 5.92. The maximum Gasteiger partial charge on any atom is 0.240 e. The van der Waals surface area contributed by atoms with Crippen LogP contribution >= 0.6 is 0 Å². The van der Waals surface area contributed by atoms with E-state index >= 15 is 0 Å². The van der Waals surface area contributed by atoms with E-state index in [1.807, 2.05) is 0 Å². The first-order valence-corrected chi connectivity index (χ1v) is 14.0. The Morgan fingerprint density at radius 1 is 1.09 bits per heavy atom. The quantitative estimate of drug-likeness (QED) is 0.492. The molecule has 1 aromatic rings. The van der Waals surface area contributed by atoms with E-state index in [4.69, 9.17) is 5.10 Å².